The topological polar surface area (TPSA) is 35.5 Å². The minimum atomic E-state index is -0.630. The highest BCUT2D eigenvalue weighted by Gasteiger charge is 2.48. The number of fused-ring (bicyclic) bond motifs is 2. The van der Waals surface area contributed by atoms with Crippen molar-refractivity contribution in [3.8, 4) is 0 Å². The number of hydrogen-bond donors (Lipinski definition) is 0. The Bertz CT molecular complexity index is 628. The van der Waals surface area contributed by atoms with E-state index < -0.39 is 5.60 Å². The van der Waals surface area contributed by atoms with E-state index in [9.17, 15) is 4.79 Å². The Morgan fingerprint density at radius 3 is 2.86 bits per heavy atom. The zero-order valence-corrected chi connectivity index (χ0v) is 14.0. The van der Waals surface area contributed by atoms with E-state index >= 15 is 0 Å². The summed E-state index contributed by atoms with van der Waals surface area (Å²) < 4.78 is 0. The average molecular weight is 341 g/mol. The van der Waals surface area contributed by atoms with Crippen LogP contribution in [0.1, 0.15) is 32.3 Å². The fourth-order valence-corrected chi connectivity index (χ4v) is 3.52. The Kier molecular flexibility index (Phi) is 4.34. The lowest BCUT2D eigenvalue weighted by Crippen LogP contribution is -2.51. The molecule has 118 valence electrons. The average Bonchev–Trinajstić information content (AvgIpc) is 2.47. The molecule has 5 heteroatoms. The fourth-order valence-electron chi connectivity index (χ4n) is 3.05. The summed E-state index contributed by atoms with van der Waals surface area (Å²) in [6.07, 6.45) is 5.04. The number of carbonyl (C=O) groups is 1. The Balaban J connectivity index is 1.82. The second-order valence-corrected chi connectivity index (χ2v) is 7.14. The van der Waals surface area contributed by atoms with E-state index in [2.05, 4.69) is 0 Å². The Labute approximate surface area is 140 Å². The molecule has 3 nitrogen and oxygen atoms in total. The van der Waals surface area contributed by atoms with E-state index in [1.165, 1.54) is 0 Å². The molecule has 0 spiro atoms. The lowest BCUT2D eigenvalue weighted by Gasteiger charge is -2.45. The summed E-state index contributed by atoms with van der Waals surface area (Å²) in [4.78, 5) is 23.2. The molecular formula is C17H18Cl2O3. The molecule has 2 aliphatic rings. The Hall–Kier alpha value is -0.870. The van der Waals surface area contributed by atoms with Crippen molar-refractivity contribution < 1.29 is 14.6 Å². The molecule has 0 aromatic heterocycles. The maximum atomic E-state index is 12.1. The van der Waals surface area contributed by atoms with Crippen LogP contribution < -0.4 is 0 Å². The molecule has 1 aliphatic carbocycles. The van der Waals surface area contributed by atoms with E-state index in [0.29, 0.717) is 16.5 Å². The summed E-state index contributed by atoms with van der Waals surface area (Å²) >= 11 is 12.1. The SMILES string of the molecule is C[C@H]1C(=O)C[C@@H]2C[C@H]1OO[C@]2(C)/C=C\c1ccc(Cl)cc1Cl. The lowest BCUT2D eigenvalue weighted by molar-refractivity contribution is -0.415. The van der Waals surface area contributed by atoms with Crippen molar-refractivity contribution in [1.82, 2.24) is 0 Å². The summed E-state index contributed by atoms with van der Waals surface area (Å²) in [5.41, 5.74) is 0.225. The van der Waals surface area contributed by atoms with Gasteiger partial charge in [-0.15, -0.1) is 0 Å². The van der Waals surface area contributed by atoms with Crippen LogP contribution >= 0.6 is 23.2 Å². The van der Waals surface area contributed by atoms with Crippen LogP contribution in [0.2, 0.25) is 10.0 Å². The van der Waals surface area contributed by atoms with Crippen molar-refractivity contribution in [3.63, 3.8) is 0 Å². The molecule has 2 bridgehead atoms. The number of ketones is 1. The van der Waals surface area contributed by atoms with Crippen molar-refractivity contribution in [2.24, 2.45) is 11.8 Å². The number of Topliss-reactive ketones (excluding diaryl/α,β-unsaturated/α-hetero) is 1. The third-order valence-corrected chi connectivity index (χ3v) is 5.31. The molecule has 1 aromatic carbocycles. The van der Waals surface area contributed by atoms with Crippen molar-refractivity contribution in [3.05, 3.63) is 39.9 Å². The van der Waals surface area contributed by atoms with Crippen LogP contribution in [0.25, 0.3) is 6.08 Å². The molecule has 3 rings (SSSR count). The van der Waals surface area contributed by atoms with Gasteiger partial charge in [0.2, 0.25) is 0 Å². The molecule has 1 saturated heterocycles. The van der Waals surface area contributed by atoms with Gasteiger partial charge in [-0.2, -0.15) is 0 Å². The predicted octanol–water partition coefficient (Wildman–Crippen LogP) is 4.71. The van der Waals surface area contributed by atoms with Crippen LogP contribution in [0.5, 0.6) is 0 Å². The largest absolute Gasteiger partial charge is 0.299 e. The molecule has 4 atom stereocenters. The van der Waals surface area contributed by atoms with Crippen molar-refractivity contribution >= 4 is 35.1 Å². The summed E-state index contributed by atoms with van der Waals surface area (Å²) in [6, 6.07) is 5.34. The van der Waals surface area contributed by atoms with Crippen LogP contribution in [0.3, 0.4) is 0 Å². The fraction of sp³-hybridized carbons (Fsp3) is 0.471. The van der Waals surface area contributed by atoms with Crippen molar-refractivity contribution in [1.29, 1.82) is 0 Å². The highest BCUT2D eigenvalue weighted by Crippen LogP contribution is 2.43. The number of halogens is 2. The first kappa shape index (κ1) is 16.0. The first-order valence-corrected chi connectivity index (χ1v) is 8.16. The van der Waals surface area contributed by atoms with E-state index in [4.69, 9.17) is 33.0 Å². The number of hydrogen-bond acceptors (Lipinski definition) is 3. The van der Waals surface area contributed by atoms with E-state index in [0.717, 1.165) is 12.0 Å². The normalized spacial score (nSPS) is 35.1. The number of benzene rings is 1. The van der Waals surface area contributed by atoms with Crippen LogP contribution in [0, 0.1) is 11.8 Å². The number of carbonyl (C=O) groups excluding carboxylic acids is 1. The van der Waals surface area contributed by atoms with Gasteiger partial charge < -0.3 is 0 Å². The van der Waals surface area contributed by atoms with Crippen LogP contribution in [-0.4, -0.2) is 17.5 Å². The van der Waals surface area contributed by atoms with Crippen molar-refractivity contribution in [2.75, 3.05) is 0 Å². The molecular weight excluding hydrogens is 323 g/mol. The van der Waals surface area contributed by atoms with Gasteiger partial charge in [0.25, 0.3) is 0 Å². The maximum Gasteiger partial charge on any atom is 0.138 e. The van der Waals surface area contributed by atoms with Gasteiger partial charge in [-0.05, 0) is 37.1 Å². The molecule has 1 heterocycles. The Morgan fingerprint density at radius 2 is 2.14 bits per heavy atom. The van der Waals surface area contributed by atoms with Gasteiger partial charge in [-0.1, -0.05) is 42.3 Å². The third kappa shape index (κ3) is 2.95. The zero-order valence-electron chi connectivity index (χ0n) is 12.5. The zero-order chi connectivity index (χ0) is 15.9. The summed E-state index contributed by atoms with van der Waals surface area (Å²) in [6.45, 7) is 3.84. The Morgan fingerprint density at radius 1 is 1.36 bits per heavy atom. The van der Waals surface area contributed by atoms with Gasteiger partial charge in [0.15, 0.2) is 0 Å². The lowest BCUT2D eigenvalue weighted by atomic mass is 9.71. The molecule has 1 aromatic rings. The first-order valence-electron chi connectivity index (χ1n) is 7.40. The standard InChI is InChI=1S/C17H18Cl2O3/c1-10-15(20)7-12-8-16(10)21-22-17(12,2)6-5-11-3-4-13(18)9-14(11)19/h3-6,9-10,12,16H,7-8H2,1-2H3/b6-5-/t10-,12+,16+,17+/m0/s1. The molecule has 0 unspecified atom stereocenters. The second kappa shape index (κ2) is 5.97. The van der Waals surface area contributed by atoms with Crippen LogP contribution in [0.4, 0.5) is 0 Å². The van der Waals surface area contributed by atoms with E-state index in [-0.39, 0.29) is 23.7 Å². The van der Waals surface area contributed by atoms with Crippen LogP contribution in [0.15, 0.2) is 24.3 Å². The minimum Gasteiger partial charge on any atom is -0.299 e. The van der Waals surface area contributed by atoms with Gasteiger partial charge in [-0.25, -0.2) is 9.78 Å². The second-order valence-electron chi connectivity index (χ2n) is 6.29. The molecule has 0 amide bonds. The molecule has 0 radical (unpaired) electrons. The summed E-state index contributed by atoms with van der Waals surface area (Å²) in [5.74, 6) is 0.279. The molecule has 22 heavy (non-hydrogen) atoms. The van der Waals surface area contributed by atoms with E-state index in [1.807, 2.05) is 32.1 Å². The highest BCUT2D eigenvalue weighted by molar-refractivity contribution is 6.35. The molecule has 2 fully saturated rings. The van der Waals surface area contributed by atoms with Crippen LogP contribution in [-0.2, 0) is 14.6 Å². The summed E-state index contributed by atoms with van der Waals surface area (Å²) in [7, 11) is 0. The van der Waals surface area contributed by atoms with Gasteiger partial charge in [0.1, 0.15) is 17.5 Å². The maximum absolute atomic E-state index is 12.1. The first-order chi connectivity index (χ1) is 10.4. The van der Waals surface area contributed by atoms with Crippen molar-refractivity contribution in [2.45, 2.75) is 38.4 Å². The number of rotatable bonds is 2. The minimum absolute atomic E-state index is 0.0875. The van der Waals surface area contributed by atoms with Gasteiger partial charge >= 0.3 is 0 Å². The molecule has 0 N–H and O–H groups in total. The third-order valence-electron chi connectivity index (χ3n) is 4.75. The van der Waals surface area contributed by atoms with E-state index in [1.54, 1.807) is 12.1 Å². The monoisotopic (exact) mass is 340 g/mol. The quantitative estimate of drug-likeness (QED) is 0.731. The molecule has 1 saturated carbocycles. The van der Waals surface area contributed by atoms with Gasteiger partial charge in [-0.3, -0.25) is 4.79 Å². The molecule has 1 aliphatic heterocycles. The highest BCUT2D eigenvalue weighted by atomic mass is 35.5. The smallest absolute Gasteiger partial charge is 0.138 e. The summed E-state index contributed by atoms with van der Waals surface area (Å²) in [5, 5.41) is 1.18. The predicted molar refractivity (Wildman–Crippen MR) is 86.8 cm³/mol. The van der Waals surface area contributed by atoms with Gasteiger partial charge in [0.05, 0.1) is 0 Å². The van der Waals surface area contributed by atoms with Gasteiger partial charge in [0, 0.05) is 28.3 Å².